The lowest BCUT2D eigenvalue weighted by molar-refractivity contribution is 0.407. The van der Waals surface area contributed by atoms with Gasteiger partial charge in [0.1, 0.15) is 5.52 Å². The van der Waals surface area contributed by atoms with E-state index >= 15 is 0 Å². The van der Waals surface area contributed by atoms with Crippen LogP contribution >= 0.6 is 0 Å². The molecule has 7 heteroatoms. The number of anilines is 1. The third kappa shape index (κ3) is 3.61. The van der Waals surface area contributed by atoms with Gasteiger partial charge < -0.3 is 15.1 Å². The Hall–Kier alpha value is -3.45. The minimum Gasteiger partial charge on any atom is -0.504 e. The van der Waals surface area contributed by atoms with Crippen molar-refractivity contribution >= 4 is 26.6 Å². The maximum Gasteiger partial charge on any atom is 0.268 e. The first-order valence-corrected chi connectivity index (χ1v) is 11.3. The van der Waals surface area contributed by atoms with E-state index in [1.54, 1.807) is 19.1 Å². The maximum atomic E-state index is 13.4. The minimum absolute atomic E-state index is 0.0630. The topological polar surface area (TPSA) is 82.8 Å². The predicted octanol–water partition coefficient (Wildman–Crippen LogP) is 4.54. The lowest BCUT2D eigenvalue weighted by atomic mass is 10.1. The third-order valence-corrected chi connectivity index (χ3v) is 7.08. The molecule has 4 rings (SSSR count). The zero-order valence-corrected chi connectivity index (χ0v) is 18.4. The van der Waals surface area contributed by atoms with Crippen molar-refractivity contribution in [3.8, 4) is 11.5 Å². The van der Waals surface area contributed by atoms with Crippen molar-refractivity contribution in [2.45, 2.75) is 25.3 Å². The number of benzene rings is 3. The van der Waals surface area contributed by atoms with E-state index in [-0.39, 0.29) is 16.2 Å². The van der Waals surface area contributed by atoms with E-state index in [9.17, 15) is 18.6 Å². The number of hydrogen-bond donors (Lipinski definition) is 2. The molecule has 6 nitrogen and oxygen atoms in total. The molecule has 4 aromatic rings. The van der Waals surface area contributed by atoms with E-state index in [1.807, 2.05) is 49.2 Å². The standard InChI is InChI=1S/C24H24N2O4S/c1-16-9-11-19(12-10-16)31(29,30)26-14-17(2)22-20(13-21(27)24(28)23(22)26)25(3)15-18-7-5-4-6-8-18/h4-14,27-28H,15H2,1-3H3. The molecule has 0 unspecified atom stereocenters. The van der Waals surface area contributed by atoms with Gasteiger partial charge in [0.2, 0.25) is 0 Å². The second kappa shape index (κ2) is 7.67. The molecule has 0 aliphatic rings. The Labute approximate surface area is 181 Å². The molecular weight excluding hydrogens is 412 g/mol. The van der Waals surface area contributed by atoms with E-state index in [0.717, 1.165) is 15.1 Å². The van der Waals surface area contributed by atoms with E-state index < -0.39 is 15.8 Å². The van der Waals surface area contributed by atoms with Gasteiger partial charge >= 0.3 is 0 Å². The first kappa shape index (κ1) is 20.8. The molecule has 31 heavy (non-hydrogen) atoms. The van der Waals surface area contributed by atoms with Gasteiger partial charge in [0, 0.05) is 31.2 Å². The van der Waals surface area contributed by atoms with Gasteiger partial charge in [0.25, 0.3) is 10.0 Å². The summed E-state index contributed by atoms with van der Waals surface area (Å²) in [5.41, 5.74) is 3.38. The summed E-state index contributed by atoms with van der Waals surface area (Å²) in [6.07, 6.45) is 1.48. The molecule has 0 aliphatic carbocycles. The fourth-order valence-corrected chi connectivity index (χ4v) is 5.22. The van der Waals surface area contributed by atoms with Crippen LogP contribution in [0, 0.1) is 13.8 Å². The predicted molar refractivity (Wildman–Crippen MR) is 122 cm³/mol. The Morgan fingerprint density at radius 2 is 1.61 bits per heavy atom. The number of phenolic OH excluding ortho intramolecular Hbond substituents is 2. The number of aromatic nitrogens is 1. The van der Waals surface area contributed by atoms with Crippen LogP contribution in [0.15, 0.2) is 71.8 Å². The van der Waals surface area contributed by atoms with E-state index in [1.165, 1.54) is 24.4 Å². The molecule has 160 valence electrons. The number of nitrogens with zero attached hydrogens (tertiary/aromatic N) is 2. The summed E-state index contributed by atoms with van der Waals surface area (Å²) in [4.78, 5) is 2.03. The van der Waals surface area contributed by atoms with Gasteiger partial charge in [-0.25, -0.2) is 12.4 Å². The molecule has 1 aromatic heterocycles. The summed E-state index contributed by atoms with van der Waals surface area (Å²) in [5.74, 6) is -0.837. The Kier molecular flexibility index (Phi) is 5.15. The normalized spacial score (nSPS) is 11.7. The largest absolute Gasteiger partial charge is 0.504 e. The van der Waals surface area contributed by atoms with E-state index in [2.05, 4.69) is 0 Å². The molecule has 0 atom stereocenters. The fraction of sp³-hybridized carbons (Fsp3) is 0.167. The summed E-state index contributed by atoms with van der Waals surface area (Å²) >= 11 is 0. The summed E-state index contributed by atoms with van der Waals surface area (Å²) in [6, 6.07) is 17.8. The SMILES string of the molecule is Cc1ccc(S(=O)(=O)n2cc(C)c3c(N(C)Cc4ccccc4)cc(O)c(O)c32)cc1. The molecule has 0 saturated heterocycles. The van der Waals surface area contributed by atoms with Crippen molar-refractivity contribution in [2.75, 3.05) is 11.9 Å². The lowest BCUT2D eigenvalue weighted by Gasteiger charge is -2.22. The Balaban J connectivity index is 1.91. The Morgan fingerprint density at radius 1 is 0.968 bits per heavy atom. The fourth-order valence-electron chi connectivity index (χ4n) is 3.80. The number of aryl methyl sites for hydroxylation is 2. The van der Waals surface area contributed by atoms with Gasteiger partial charge in [-0.3, -0.25) is 0 Å². The molecule has 0 aliphatic heterocycles. The summed E-state index contributed by atoms with van der Waals surface area (Å²) in [7, 11) is -2.11. The molecule has 0 fully saturated rings. The van der Waals surface area contributed by atoms with Crippen LogP contribution in [-0.4, -0.2) is 29.7 Å². The number of fused-ring (bicyclic) bond motifs is 1. The highest BCUT2D eigenvalue weighted by Gasteiger charge is 2.26. The zero-order valence-electron chi connectivity index (χ0n) is 17.6. The van der Waals surface area contributed by atoms with Gasteiger partial charge in [0.05, 0.1) is 10.6 Å². The van der Waals surface area contributed by atoms with Gasteiger partial charge in [0.15, 0.2) is 11.5 Å². The molecule has 0 radical (unpaired) electrons. The number of hydrogen-bond acceptors (Lipinski definition) is 5. The summed E-state index contributed by atoms with van der Waals surface area (Å²) in [6.45, 7) is 4.22. The second-order valence-corrected chi connectivity index (χ2v) is 9.57. The zero-order chi connectivity index (χ0) is 22.3. The highest BCUT2D eigenvalue weighted by molar-refractivity contribution is 7.90. The first-order valence-electron chi connectivity index (χ1n) is 9.84. The highest BCUT2D eigenvalue weighted by Crippen LogP contribution is 2.43. The van der Waals surface area contributed by atoms with Gasteiger partial charge in [-0.15, -0.1) is 0 Å². The molecule has 3 aromatic carbocycles. The van der Waals surface area contributed by atoms with Crippen LogP contribution in [0.4, 0.5) is 5.69 Å². The molecular formula is C24H24N2O4S. The minimum atomic E-state index is -3.98. The van der Waals surface area contributed by atoms with Gasteiger partial charge in [-0.2, -0.15) is 0 Å². The summed E-state index contributed by atoms with van der Waals surface area (Å²) < 4.78 is 27.8. The number of phenols is 2. The average Bonchev–Trinajstić information content (AvgIpc) is 3.10. The van der Waals surface area contributed by atoms with Crippen LogP contribution in [0.25, 0.3) is 10.9 Å². The van der Waals surface area contributed by atoms with Crippen LogP contribution in [0.5, 0.6) is 11.5 Å². The van der Waals surface area contributed by atoms with Gasteiger partial charge in [-0.1, -0.05) is 48.0 Å². The first-order chi connectivity index (χ1) is 14.7. The number of rotatable bonds is 5. The molecule has 1 heterocycles. The Morgan fingerprint density at radius 3 is 2.26 bits per heavy atom. The monoisotopic (exact) mass is 436 g/mol. The maximum absolute atomic E-state index is 13.4. The van der Waals surface area contributed by atoms with Crippen LogP contribution in [0.3, 0.4) is 0 Å². The van der Waals surface area contributed by atoms with Crippen molar-refractivity contribution in [3.63, 3.8) is 0 Å². The van der Waals surface area contributed by atoms with Gasteiger partial charge in [-0.05, 0) is 37.1 Å². The number of aromatic hydroxyl groups is 2. The second-order valence-electron chi connectivity index (χ2n) is 7.75. The van der Waals surface area contributed by atoms with Crippen LogP contribution in [0.2, 0.25) is 0 Å². The summed E-state index contributed by atoms with van der Waals surface area (Å²) in [5, 5.41) is 21.7. The third-order valence-electron chi connectivity index (χ3n) is 5.41. The van der Waals surface area contributed by atoms with Crippen LogP contribution in [0.1, 0.15) is 16.7 Å². The van der Waals surface area contributed by atoms with Crippen molar-refractivity contribution in [2.24, 2.45) is 0 Å². The molecule has 0 spiro atoms. The quantitative estimate of drug-likeness (QED) is 0.449. The van der Waals surface area contributed by atoms with E-state index in [4.69, 9.17) is 0 Å². The Bertz CT molecular complexity index is 1360. The molecule has 2 N–H and O–H groups in total. The van der Waals surface area contributed by atoms with Crippen LogP contribution in [-0.2, 0) is 16.6 Å². The van der Waals surface area contributed by atoms with Crippen molar-refractivity contribution in [3.05, 3.63) is 83.6 Å². The molecule has 0 amide bonds. The van der Waals surface area contributed by atoms with Crippen molar-refractivity contribution < 1.29 is 18.6 Å². The van der Waals surface area contributed by atoms with Crippen molar-refractivity contribution in [1.82, 2.24) is 3.97 Å². The molecule has 0 saturated carbocycles. The average molecular weight is 437 g/mol. The van der Waals surface area contributed by atoms with Crippen LogP contribution < -0.4 is 4.90 Å². The highest BCUT2D eigenvalue weighted by atomic mass is 32.2. The molecule has 0 bridgehead atoms. The lowest BCUT2D eigenvalue weighted by Crippen LogP contribution is -2.17. The van der Waals surface area contributed by atoms with E-state index in [0.29, 0.717) is 23.2 Å². The smallest absolute Gasteiger partial charge is 0.268 e. The van der Waals surface area contributed by atoms with Crippen molar-refractivity contribution in [1.29, 1.82) is 0 Å².